The number of fused-ring (bicyclic) bond motifs is 5. The molecule has 30 heavy (non-hydrogen) atoms. The summed E-state index contributed by atoms with van der Waals surface area (Å²) in [5.41, 5.74) is -4.02. The van der Waals surface area contributed by atoms with E-state index in [2.05, 4.69) is 0 Å². The Kier molecular flexibility index (Phi) is 8.36. The average molecular weight is 852 g/mol. The van der Waals surface area contributed by atoms with Crippen molar-refractivity contribution in [3.63, 3.8) is 0 Å². The van der Waals surface area contributed by atoms with E-state index in [-0.39, 0.29) is 108 Å². The summed E-state index contributed by atoms with van der Waals surface area (Å²) >= 11 is 0. The second-order valence-corrected chi connectivity index (χ2v) is 10.4. The molecule has 3 fully saturated rings. The van der Waals surface area contributed by atoms with E-state index < -0.39 is 64.4 Å². The van der Waals surface area contributed by atoms with Gasteiger partial charge in [-0.2, -0.15) is 0 Å². The summed E-state index contributed by atoms with van der Waals surface area (Å²) in [5, 5.41) is 67.7. The minimum Gasteiger partial charge on any atom is -0.392 e. The van der Waals surface area contributed by atoms with Crippen molar-refractivity contribution in [3.05, 3.63) is 11.1 Å². The van der Waals surface area contributed by atoms with E-state index in [0.717, 1.165) is 0 Å². The Bertz CT molecular complexity index is 730. The zero-order chi connectivity index (χ0) is 21.0. The first-order chi connectivity index (χ1) is 12.7. The van der Waals surface area contributed by atoms with Gasteiger partial charge in [0.25, 0.3) is 0 Å². The minimum absolute atomic E-state index is 0. The van der Waals surface area contributed by atoms with Crippen LogP contribution < -0.4 is 0 Å². The van der Waals surface area contributed by atoms with Crippen molar-refractivity contribution in [3.8, 4) is 0 Å². The molecule has 166 valence electrons. The Labute approximate surface area is 249 Å². The van der Waals surface area contributed by atoms with Crippen molar-refractivity contribution in [2.24, 2.45) is 22.7 Å². The van der Waals surface area contributed by atoms with Crippen molar-refractivity contribution < 1.29 is 124 Å². The molecule has 9 heteroatoms. The van der Waals surface area contributed by atoms with Crippen LogP contribution in [0.15, 0.2) is 11.1 Å². The van der Waals surface area contributed by atoms with E-state index in [0.29, 0.717) is 11.1 Å². The van der Waals surface area contributed by atoms with Crippen LogP contribution in [0.3, 0.4) is 0 Å². The van der Waals surface area contributed by atoms with Crippen LogP contribution in [-0.2, 0) is 4.74 Å². The molecule has 0 aromatic rings. The minimum atomic E-state index is -1.46. The number of aliphatic hydroxyl groups excluding tert-OH is 4. The number of ether oxygens (including phenoxy) is 1. The molecular formula is C21H34Ac2O7. The van der Waals surface area contributed by atoms with Gasteiger partial charge in [0.15, 0.2) is 0 Å². The quantitative estimate of drug-likeness (QED) is 0.185. The maximum absolute atomic E-state index is 12.0. The van der Waals surface area contributed by atoms with Gasteiger partial charge in [-0.1, -0.05) is 27.7 Å². The van der Waals surface area contributed by atoms with Crippen molar-refractivity contribution in [2.45, 2.75) is 89.2 Å². The summed E-state index contributed by atoms with van der Waals surface area (Å²) in [7, 11) is 0. The van der Waals surface area contributed by atoms with Gasteiger partial charge in [-0.05, 0) is 24.0 Å². The smallest absolute Gasteiger partial charge is 0.118 e. The van der Waals surface area contributed by atoms with E-state index in [1.54, 1.807) is 13.8 Å². The normalized spacial score (nSPS) is 54.3. The summed E-state index contributed by atoms with van der Waals surface area (Å²) in [6.45, 7) is 8.88. The Hall–Kier alpha value is 2.34. The van der Waals surface area contributed by atoms with Crippen molar-refractivity contribution in [1.82, 2.24) is 0 Å². The van der Waals surface area contributed by atoms with Gasteiger partial charge in [-0.25, -0.2) is 0 Å². The molecule has 6 N–H and O–H groups in total. The van der Waals surface area contributed by atoms with Crippen molar-refractivity contribution in [1.29, 1.82) is 0 Å². The van der Waals surface area contributed by atoms with E-state index >= 15 is 0 Å². The maximum atomic E-state index is 12.0. The summed E-state index contributed by atoms with van der Waals surface area (Å²) in [6, 6.07) is 0. The molecule has 0 spiro atoms. The van der Waals surface area contributed by atoms with Crippen LogP contribution >= 0.6 is 0 Å². The predicted molar refractivity (Wildman–Crippen MR) is 100 cm³/mol. The molecule has 7 unspecified atom stereocenters. The van der Waals surface area contributed by atoms with Gasteiger partial charge in [0.2, 0.25) is 0 Å². The van der Waals surface area contributed by atoms with Gasteiger partial charge in [0.1, 0.15) is 11.7 Å². The fraction of sp³-hybridized carbons (Fsp3) is 0.905. The molecule has 4 aliphatic rings. The fourth-order valence-electron chi connectivity index (χ4n) is 7.23. The summed E-state index contributed by atoms with van der Waals surface area (Å²) in [4.78, 5) is 0. The molecule has 2 bridgehead atoms. The molecule has 7 nitrogen and oxygen atoms in total. The number of hydrogen-bond acceptors (Lipinski definition) is 7. The van der Waals surface area contributed by atoms with Crippen LogP contribution in [0.25, 0.3) is 0 Å². The van der Waals surface area contributed by atoms with Gasteiger partial charge < -0.3 is 35.4 Å². The van der Waals surface area contributed by atoms with E-state index in [1.165, 1.54) is 0 Å². The molecule has 2 saturated carbocycles. The third-order valence-corrected chi connectivity index (χ3v) is 9.11. The molecular weight excluding hydrogens is 818 g/mol. The standard InChI is InChI=1S/C21H34O7.2Ac/c1-9-11(22)7-21(27)10(2)16-19(5,12(23)6-13-20(16,26)8-28-13)17(25)15(24)14(9)18(21,3)4;;/h10-13,15-17,22-27H,6-8H2,1-5H3;;/t10-,11?,12?,13?,15?,16?,17?,19+,20-,21?;;/m0../s1. The number of rotatable bonds is 0. The fourth-order valence-corrected chi connectivity index (χ4v) is 7.23. The Balaban J connectivity index is 0.00000160. The topological polar surface area (TPSA) is 131 Å². The predicted octanol–water partition coefficient (Wildman–Crippen LogP) is -0.287. The summed E-state index contributed by atoms with van der Waals surface area (Å²) < 4.78 is 5.52. The van der Waals surface area contributed by atoms with Gasteiger partial charge in [0, 0.05) is 118 Å². The van der Waals surface area contributed by atoms with Gasteiger partial charge in [0.05, 0.1) is 36.6 Å². The first kappa shape index (κ1) is 28.6. The Morgan fingerprint density at radius 2 is 1.57 bits per heavy atom. The first-order valence-corrected chi connectivity index (χ1v) is 10.2. The average Bonchev–Trinajstić information content (AvgIpc) is 2.60. The second kappa shape index (κ2) is 8.78. The molecule has 1 aliphatic heterocycles. The molecule has 0 amide bonds. The van der Waals surface area contributed by atoms with Crippen LogP contribution in [0.1, 0.15) is 47.5 Å². The Morgan fingerprint density at radius 1 is 1.00 bits per heavy atom. The van der Waals surface area contributed by atoms with Crippen molar-refractivity contribution >= 4 is 0 Å². The molecule has 1 saturated heterocycles. The monoisotopic (exact) mass is 852 g/mol. The molecule has 0 aromatic heterocycles. The Morgan fingerprint density at radius 3 is 2.07 bits per heavy atom. The SMILES string of the molecule is CC1=C2C(O)C(O)[C@]3(C)C(O)CC4OC[C@@]4(O)C3[C@H](C)C(O)(CC1O)C2(C)C.[Ac].[Ac]. The second-order valence-electron chi connectivity index (χ2n) is 10.4. The van der Waals surface area contributed by atoms with Crippen LogP contribution in [0, 0.1) is 111 Å². The number of aliphatic hydroxyl groups is 6. The summed E-state index contributed by atoms with van der Waals surface area (Å²) in [5.74, 6) is -1.32. The maximum Gasteiger partial charge on any atom is 0.118 e. The van der Waals surface area contributed by atoms with Gasteiger partial charge >= 0.3 is 0 Å². The van der Waals surface area contributed by atoms with E-state index in [1.807, 2.05) is 20.8 Å². The third kappa shape index (κ3) is 3.35. The van der Waals surface area contributed by atoms with Crippen LogP contribution in [0.5, 0.6) is 0 Å². The number of hydrogen-bond donors (Lipinski definition) is 6. The van der Waals surface area contributed by atoms with E-state index in [4.69, 9.17) is 4.74 Å². The molecule has 2 radical (unpaired) electrons. The zero-order valence-electron chi connectivity index (χ0n) is 18.4. The molecule has 10 atom stereocenters. The molecule has 3 aliphatic carbocycles. The summed E-state index contributed by atoms with van der Waals surface area (Å²) in [6.07, 6.45) is -5.10. The van der Waals surface area contributed by atoms with Crippen LogP contribution in [0.4, 0.5) is 0 Å². The van der Waals surface area contributed by atoms with Crippen molar-refractivity contribution in [2.75, 3.05) is 6.61 Å². The van der Waals surface area contributed by atoms with Gasteiger partial charge in [-0.3, -0.25) is 0 Å². The molecule has 4 rings (SSSR count). The molecule has 1 heterocycles. The molecule has 0 aromatic carbocycles. The largest absolute Gasteiger partial charge is 0.392 e. The zero-order valence-corrected chi connectivity index (χ0v) is 27.9. The van der Waals surface area contributed by atoms with Crippen LogP contribution in [0.2, 0.25) is 0 Å². The van der Waals surface area contributed by atoms with Crippen LogP contribution in [-0.4, -0.2) is 79.0 Å². The first-order valence-electron chi connectivity index (χ1n) is 10.2. The van der Waals surface area contributed by atoms with E-state index in [9.17, 15) is 30.6 Å². The third-order valence-electron chi connectivity index (χ3n) is 9.11. The van der Waals surface area contributed by atoms with Gasteiger partial charge in [-0.15, -0.1) is 0 Å².